The summed E-state index contributed by atoms with van der Waals surface area (Å²) in [6.07, 6.45) is 0. The lowest BCUT2D eigenvalue weighted by molar-refractivity contribution is 1.08. The molecule has 0 saturated carbocycles. The fourth-order valence-electron chi connectivity index (χ4n) is 9.86. The zero-order valence-corrected chi connectivity index (χ0v) is 35.9. The number of fused-ring (bicyclic) bond motifs is 10. The molecule has 2 heterocycles. The number of hydrogen-bond acceptors (Lipinski definition) is 4. The van der Waals surface area contributed by atoms with E-state index >= 15 is 0 Å². The molecule has 0 radical (unpaired) electrons. The average Bonchev–Trinajstić information content (AvgIpc) is 3.79. The van der Waals surface area contributed by atoms with Gasteiger partial charge in [-0.3, -0.25) is 0 Å². The number of hydrogen-bond donors (Lipinski definition) is 0. The summed E-state index contributed by atoms with van der Waals surface area (Å²) in [5.41, 5.74) is 9.88. The molecule has 302 valence electrons. The van der Waals surface area contributed by atoms with E-state index < -0.39 is 0 Å². The topological polar surface area (TPSA) is 38.7 Å². The highest BCUT2D eigenvalue weighted by molar-refractivity contribution is 7.27. The van der Waals surface area contributed by atoms with Crippen molar-refractivity contribution in [3.63, 3.8) is 0 Å². The first-order valence-electron chi connectivity index (χ1n) is 22.0. The van der Waals surface area contributed by atoms with Gasteiger partial charge in [0.2, 0.25) is 0 Å². The summed E-state index contributed by atoms with van der Waals surface area (Å²) >= 11 is 1.90. The monoisotopic (exact) mass is 843 g/mol. The highest BCUT2D eigenvalue weighted by atomic mass is 32.1. The van der Waals surface area contributed by atoms with Gasteiger partial charge >= 0.3 is 0 Å². The quantitative estimate of drug-likeness (QED) is 0.157. The van der Waals surface area contributed by atoms with Gasteiger partial charge in [-0.05, 0) is 95.3 Å². The minimum Gasteiger partial charge on any atom is -0.208 e. The Morgan fingerprint density at radius 3 is 1.28 bits per heavy atom. The lowest BCUT2D eigenvalue weighted by Gasteiger charge is -2.13. The molecule has 13 rings (SSSR count). The molecule has 11 aromatic carbocycles. The predicted molar refractivity (Wildman–Crippen MR) is 275 cm³/mol. The molecule has 0 spiro atoms. The highest BCUT2D eigenvalue weighted by Gasteiger charge is 2.19. The second kappa shape index (κ2) is 15.2. The summed E-state index contributed by atoms with van der Waals surface area (Å²) in [6.45, 7) is 0. The van der Waals surface area contributed by atoms with Gasteiger partial charge < -0.3 is 0 Å². The second-order valence-electron chi connectivity index (χ2n) is 16.7. The van der Waals surface area contributed by atoms with Crippen LogP contribution in [0.2, 0.25) is 0 Å². The zero-order valence-electron chi connectivity index (χ0n) is 35.1. The van der Waals surface area contributed by atoms with Gasteiger partial charge in [0.25, 0.3) is 0 Å². The van der Waals surface area contributed by atoms with E-state index in [9.17, 15) is 0 Å². The van der Waals surface area contributed by atoms with E-state index in [0.717, 1.165) is 54.9 Å². The third-order valence-corrected chi connectivity index (χ3v) is 14.1. The summed E-state index contributed by atoms with van der Waals surface area (Å²) in [5.74, 6) is 1.93. The Bertz CT molecular complexity index is 3930. The maximum absolute atomic E-state index is 5.21. The van der Waals surface area contributed by atoms with Crippen LogP contribution >= 0.6 is 11.3 Å². The molecule has 0 aliphatic rings. The molecule has 65 heavy (non-hydrogen) atoms. The maximum atomic E-state index is 5.21. The van der Waals surface area contributed by atoms with E-state index in [1.807, 2.05) is 11.3 Å². The lowest BCUT2D eigenvalue weighted by Crippen LogP contribution is -2.01. The lowest BCUT2D eigenvalue weighted by atomic mass is 9.92. The fraction of sp³-hybridized carbons (Fsp3) is 0. The summed E-state index contributed by atoms with van der Waals surface area (Å²) in [7, 11) is 0. The van der Waals surface area contributed by atoms with Gasteiger partial charge in [-0.25, -0.2) is 15.0 Å². The third kappa shape index (κ3) is 6.30. The van der Waals surface area contributed by atoms with Crippen molar-refractivity contribution in [1.82, 2.24) is 15.0 Å². The van der Waals surface area contributed by atoms with Crippen molar-refractivity contribution < 1.29 is 0 Å². The van der Waals surface area contributed by atoms with Gasteiger partial charge in [-0.1, -0.05) is 200 Å². The number of benzene rings is 11. The Labute approximate surface area is 379 Å². The van der Waals surface area contributed by atoms with Crippen LogP contribution in [0.25, 0.3) is 131 Å². The molecule has 0 aliphatic carbocycles. The standard InChI is InChI=1S/C61H37N3S/c1-3-25-46-38(15-1)17-12-32-53(46)60-62-59(63-61(64-60)54-33-13-18-39-16-2-4-26-47(39)54)45-24-11-22-43(37-45)41-20-9-19-40(35-41)42-21-10-23-44(36-42)48-31-14-34-55-56(48)57-51-29-7-5-27-49(51)50-28-6-8-30-52(50)58(57)65-55/h1-37H. The van der Waals surface area contributed by atoms with Crippen molar-refractivity contribution in [3.05, 3.63) is 224 Å². The van der Waals surface area contributed by atoms with E-state index in [1.165, 1.54) is 58.4 Å². The van der Waals surface area contributed by atoms with E-state index in [1.54, 1.807) is 0 Å². The van der Waals surface area contributed by atoms with Crippen LogP contribution in [0.3, 0.4) is 0 Å². The van der Waals surface area contributed by atoms with Crippen LogP contribution in [0, 0.1) is 0 Å². The normalized spacial score (nSPS) is 11.7. The molecule has 0 unspecified atom stereocenters. The van der Waals surface area contributed by atoms with Crippen molar-refractivity contribution in [3.8, 4) is 67.5 Å². The van der Waals surface area contributed by atoms with Gasteiger partial charge in [0.05, 0.1) is 0 Å². The zero-order chi connectivity index (χ0) is 42.8. The molecule has 0 atom stereocenters. The first-order valence-corrected chi connectivity index (χ1v) is 22.8. The van der Waals surface area contributed by atoms with Gasteiger partial charge in [0.15, 0.2) is 17.5 Å². The highest BCUT2D eigenvalue weighted by Crippen LogP contribution is 2.47. The molecule has 0 saturated heterocycles. The van der Waals surface area contributed by atoms with Crippen LogP contribution in [0.1, 0.15) is 0 Å². The number of aromatic nitrogens is 3. The predicted octanol–water partition coefficient (Wildman–Crippen LogP) is 16.9. The summed E-state index contributed by atoms with van der Waals surface area (Å²) in [6, 6.07) is 80.5. The minimum atomic E-state index is 0.632. The molecule has 0 fully saturated rings. The van der Waals surface area contributed by atoms with E-state index in [0.29, 0.717) is 17.5 Å². The van der Waals surface area contributed by atoms with Crippen LogP contribution in [0.4, 0.5) is 0 Å². The number of rotatable bonds is 6. The first-order chi connectivity index (χ1) is 32.2. The molecule has 4 heteroatoms. The molecule has 13 aromatic rings. The smallest absolute Gasteiger partial charge is 0.164 e. The minimum absolute atomic E-state index is 0.632. The molecule has 0 aliphatic heterocycles. The van der Waals surface area contributed by atoms with Crippen LogP contribution in [0.15, 0.2) is 224 Å². The Morgan fingerprint density at radius 2 is 0.662 bits per heavy atom. The Morgan fingerprint density at radius 1 is 0.262 bits per heavy atom. The van der Waals surface area contributed by atoms with E-state index in [-0.39, 0.29) is 0 Å². The Kier molecular flexibility index (Phi) is 8.71. The molecular formula is C61H37N3S. The Hall–Kier alpha value is -8.31. The summed E-state index contributed by atoms with van der Waals surface area (Å²) in [5, 5.41) is 12.4. The van der Waals surface area contributed by atoms with Crippen molar-refractivity contribution >= 4 is 74.6 Å². The van der Waals surface area contributed by atoms with Crippen molar-refractivity contribution in [1.29, 1.82) is 0 Å². The maximum Gasteiger partial charge on any atom is 0.164 e. The van der Waals surface area contributed by atoms with Gasteiger partial charge in [0.1, 0.15) is 0 Å². The van der Waals surface area contributed by atoms with Crippen LogP contribution in [-0.4, -0.2) is 15.0 Å². The van der Waals surface area contributed by atoms with Gasteiger partial charge in [0, 0.05) is 42.2 Å². The third-order valence-electron chi connectivity index (χ3n) is 12.9. The van der Waals surface area contributed by atoms with Crippen LogP contribution in [-0.2, 0) is 0 Å². The molecular weight excluding hydrogens is 807 g/mol. The molecule has 0 bridgehead atoms. The molecule has 0 N–H and O–H groups in total. The SMILES string of the molecule is c1cc(-c2cccc(-c3nc(-c4cccc5ccccc45)nc(-c4cccc5ccccc45)n3)c2)cc(-c2cccc(-c3cccc4sc5c6ccccc6c6ccccc6c5c34)c2)c1. The van der Waals surface area contributed by atoms with E-state index in [4.69, 9.17) is 15.0 Å². The molecule has 0 amide bonds. The van der Waals surface area contributed by atoms with Crippen LogP contribution < -0.4 is 0 Å². The van der Waals surface area contributed by atoms with Crippen molar-refractivity contribution in [2.45, 2.75) is 0 Å². The van der Waals surface area contributed by atoms with E-state index in [2.05, 4.69) is 224 Å². The number of nitrogens with zero attached hydrogens (tertiary/aromatic N) is 3. The largest absolute Gasteiger partial charge is 0.208 e. The number of thiophene rings is 1. The van der Waals surface area contributed by atoms with Crippen molar-refractivity contribution in [2.75, 3.05) is 0 Å². The second-order valence-corrected chi connectivity index (χ2v) is 17.7. The van der Waals surface area contributed by atoms with Crippen molar-refractivity contribution in [2.24, 2.45) is 0 Å². The molecule has 3 nitrogen and oxygen atoms in total. The Balaban J connectivity index is 0.916. The summed E-state index contributed by atoms with van der Waals surface area (Å²) < 4.78 is 2.65. The summed E-state index contributed by atoms with van der Waals surface area (Å²) in [4.78, 5) is 15.6. The van der Waals surface area contributed by atoms with Crippen LogP contribution in [0.5, 0.6) is 0 Å². The van der Waals surface area contributed by atoms with Gasteiger partial charge in [-0.15, -0.1) is 11.3 Å². The van der Waals surface area contributed by atoms with Gasteiger partial charge in [-0.2, -0.15) is 0 Å². The average molecular weight is 844 g/mol. The molecule has 2 aromatic heterocycles. The first kappa shape index (κ1) is 37.3. The fourth-order valence-corrected chi connectivity index (χ4v) is 11.1.